The van der Waals surface area contributed by atoms with Crippen molar-refractivity contribution in [3.63, 3.8) is 0 Å². The average molecular weight is 453 g/mol. The molecular weight excluding hydrogens is 430 g/mol. The van der Waals surface area contributed by atoms with Crippen LogP contribution in [0.3, 0.4) is 0 Å². The minimum Gasteiger partial charge on any atom is -0.378 e. The second kappa shape index (κ2) is 9.80. The molecule has 1 aliphatic rings. The highest BCUT2D eigenvalue weighted by Crippen LogP contribution is 2.47. The smallest absolute Gasteiger partial charge is 0.332 e. The maximum atomic E-state index is 12.4. The lowest BCUT2D eigenvalue weighted by Crippen LogP contribution is -2.19. The second-order valence-electron chi connectivity index (χ2n) is 6.14. The second-order valence-corrected chi connectivity index (χ2v) is 9.03. The predicted octanol–water partition coefficient (Wildman–Crippen LogP) is 4.09. The van der Waals surface area contributed by atoms with E-state index in [4.69, 9.17) is 41.7 Å². The Morgan fingerprint density at radius 1 is 1.25 bits per heavy atom. The molecule has 3 heterocycles. The van der Waals surface area contributed by atoms with E-state index in [1.165, 1.54) is 0 Å². The molecule has 9 nitrogen and oxygen atoms in total. The van der Waals surface area contributed by atoms with Crippen LogP contribution in [0, 0.1) is 0 Å². The van der Waals surface area contributed by atoms with Gasteiger partial charge < -0.3 is 18.5 Å². The van der Waals surface area contributed by atoms with Gasteiger partial charge in [0.25, 0.3) is 0 Å². The largest absolute Gasteiger partial charge is 0.378 e. The predicted molar refractivity (Wildman–Crippen MR) is 105 cm³/mol. The van der Waals surface area contributed by atoms with Crippen molar-refractivity contribution in [3.8, 4) is 0 Å². The van der Waals surface area contributed by atoms with Crippen LogP contribution in [0.5, 0.6) is 0 Å². The van der Waals surface area contributed by atoms with E-state index in [-0.39, 0.29) is 35.5 Å². The number of hydrogen-bond donors (Lipinski definition) is 0. The first-order chi connectivity index (χ1) is 13.5. The Kier molecular flexibility index (Phi) is 7.67. The maximum absolute atomic E-state index is 12.4. The average Bonchev–Trinajstić information content (AvgIpc) is 3.26. The Bertz CT molecular complexity index is 842. The highest BCUT2D eigenvalue weighted by Gasteiger charge is 2.30. The van der Waals surface area contributed by atoms with Crippen LogP contribution in [-0.4, -0.2) is 58.4 Å². The first kappa shape index (κ1) is 21.9. The summed E-state index contributed by atoms with van der Waals surface area (Å²) in [7, 11) is -3.09. The van der Waals surface area contributed by atoms with E-state index in [2.05, 4.69) is 15.1 Å². The Labute approximate surface area is 173 Å². The van der Waals surface area contributed by atoms with Crippen LogP contribution in [0.1, 0.15) is 32.9 Å². The number of fused-ring (bicyclic) bond motifs is 1. The van der Waals surface area contributed by atoms with Crippen LogP contribution in [0.4, 0.5) is 0 Å². The van der Waals surface area contributed by atoms with E-state index in [1.807, 2.05) is 0 Å². The van der Waals surface area contributed by atoms with Gasteiger partial charge in [0.2, 0.25) is 5.28 Å². The fourth-order valence-electron chi connectivity index (χ4n) is 3.02. The zero-order chi connectivity index (χ0) is 20.1. The molecule has 0 saturated carbocycles. The number of hydrogen-bond acceptors (Lipinski definition) is 8. The zero-order valence-electron chi connectivity index (χ0n) is 15.7. The molecule has 0 aromatic carbocycles. The van der Waals surface area contributed by atoms with Crippen LogP contribution in [0.25, 0.3) is 11.0 Å². The van der Waals surface area contributed by atoms with Crippen molar-refractivity contribution < 1.29 is 23.1 Å². The van der Waals surface area contributed by atoms with Crippen molar-refractivity contribution in [1.82, 2.24) is 19.7 Å². The monoisotopic (exact) mass is 452 g/mol. The summed E-state index contributed by atoms with van der Waals surface area (Å²) in [5.41, 5.74) is 0.533. The third-order valence-electron chi connectivity index (χ3n) is 4.20. The van der Waals surface area contributed by atoms with E-state index in [0.717, 1.165) is 12.8 Å². The van der Waals surface area contributed by atoms with E-state index in [9.17, 15) is 4.57 Å². The topological polar surface area (TPSA) is 97.6 Å². The standard InChI is InChI=1S/C16H23Cl2N4O5P/c1-3-25-28(23,26-4-2)8-7-24-10-11-5-6-13(27-11)22-15-12(9-19-22)14(17)20-16(18)21-15/h9,11,13H,3-8,10H2,1-2H3. The number of nitrogens with zero attached hydrogens (tertiary/aromatic N) is 4. The van der Waals surface area contributed by atoms with Gasteiger partial charge in [-0.15, -0.1) is 0 Å². The molecule has 28 heavy (non-hydrogen) atoms. The Balaban J connectivity index is 1.52. The summed E-state index contributed by atoms with van der Waals surface area (Å²) in [4.78, 5) is 8.12. The number of aromatic nitrogens is 4. The molecule has 0 amide bonds. The molecule has 12 heteroatoms. The van der Waals surface area contributed by atoms with Crippen LogP contribution in [0.15, 0.2) is 6.20 Å². The molecule has 0 bridgehead atoms. The molecule has 2 unspecified atom stereocenters. The molecule has 1 fully saturated rings. The van der Waals surface area contributed by atoms with Crippen molar-refractivity contribution >= 4 is 41.8 Å². The van der Waals surface area contributed by atoms with E-state index in [1.54, 1.807) is 24.7 Å². The molecule has 0 spiro atoms. The van der Waals surface area contributed by atoms with Crippen LogP contribution < -0.4 is 0 Å². The van der Waals surface area contributed by atoms with E-state index >= 15 is 0 Å². The number of halogens is 2. The van der Waals surface area contributed by atoms with E-state index in [0.29, 0.717) is 30.9 Å². The van der Waals surface area contributed by atoms with Gasteiger partial charge in [0, 0.05) is 0 Å². The first-order valence-corrected chi connectivity index (χ1v) is 11.6. The third-order valence-corrected chi connectivity index (χ3v) is 6.69. The van der Waals surface area contributed by atoms with Gasteiger partial charge in [-0.25, -0.2) is 9.67 Å². The van der Waals surface area contributed by atoms with Gasteiger partial charge in [-0.2, -0.15) is 10.1 Å². The molecule has 2 aromatic rings. The minimum atomic E-state index is -3.09. The highest BCUT2D eigenvalue weighted by atomic mass is 35.5. The molecule has 1 saturated heterocycles. The minimum absolute atomic E-state index is 0.0603. The van der Waals surface area contributed by atoms with Gasteiger partial charge in [0.15, 0.2) is 11.9 Å². The Morgan fingerprint density at radius 3 is 2.71 bits per heavy atom. The zero-order valence-corrected chi connectivity index (χ0v) is 18.1. The fourth-order valence-corrected chi connectivity index (χ4v) is 4.91. The molecule has 156 valence electrons. The van der Waals surface area contributed by atoms with Crippen molar-refractivity contribution in [1.29, 1.82) is 0 Å². The lowest BCUT2D eigenvalue weighted by Gasteiger charge is -2.18. The molecule has 0 aliphatic carbocycles. The summed E-state index contributed by atoms with van der Waals surface area (Å²) in [6.45, 7) is 4.88. The molecule has 0 radical (unpaired) electrons. The number of rotatable bonds is 10. The van der Waals surface area contributed by atoms with Gasteiger partial charge in [-0.05, 0) is 38.3 Å². The van der Waals surface area contributed by atoms with Crippen LogP contribution in [0.2, 0.25) is 10.4 Å². The van der Waals surface area contributed by atoms with Gasteiger partial charge in [-0.3, -0.25) is 4.57 Å². The van der Waals surface area contributed by atoms with Gasteiger partial charge >= 0.3 is 7.60 Å². The van der Waals surface area contributed by atoms with Crippen LogP contribution >= 0.6 is 30.8 Å². The summed E-state index contributed by atoms with van der Waals surface area (Å²) in [6.07, 6.45) is 2.97. The molecule has 1 aliphatic heterocycles. The van der Waals surface area contributed by atoms with Crippen molar-refractivity contribution in [3.05, 3.63) is 16.6 Å². The highest BCUT2D eigenvalue weighted by molar-refractivity contribution is 7.53. The van der Waals surface area contributed by atoms with Gasteiger partial charge in [0.05, 0.1) is 50.3 Å². The first-order valence-electron chi connectivity index (χ1n) is 9.13. The lowest BCUT2D eigenvalue weighted by molar-refractivity contribution is -0.0423. The Morgan fingerprint density at radius 2 is 2.00 bits per heavy atom. The normalized spacial score (nSPS) is 20.3. The maximum Gasteiger partial charge on any atom is 0.332 e. The summed E-state index contributed by atoms with van der Waals surface area (Å²) in [5, 5.41) is 5.26. The fraction of sp³-hybridized carbons (Fsp3) is 0.688. The van der Waals surface area contributed by atoms with Crippen molar-refractivity contribution in [2.45, 2.75) is 39.0 Å². The van der Waals surface area contributed by atoms with Crippen LogP contribution in [-0.2, 0) is 23.1 Å². The Hall–Kier alpha value is -0.800. The van der Waals surface area contributed by atoms with Crippen molar-refractivity contribution in [2.75, 3.05) is 32.6 Å². The molecule has 2 aromatic heterocycles. The molecule has 3 rings (SSSR count). The summed E-state index contributed by atoms with van der Waals surface area (Å²) < 4.78 is 36.2. The molecule has 2 atom stereocenters. The third kappa shape index (κ3) is 5.21. The summed E-state index contributed by atoms with van der Waals surface area (Å²) in [5.74, 6) is 0. The van der Waals surface area contributed by atoms with Gasteiger partial charge in [-0.1, -0.05) is 11.6 Å². The quantitative estimate of drug-likeness (QED) is 0.230. The van der Waals surface area contributed by atoms with E-state index < -0.39 is 7.60 Å². The SMILES string of the molecule is CCOP(=O)(CCOCC1CCC(n2ncc3c(Cl)nc(Cl)nc32)O1)OCC. The summed E-state index contributed by atoms with van der Waals surface area (Å²) >= 11 is 12.0. The lowest BCUT2D eigenvalue weighted by atomic mass is 10.2. The van der Waals surface area contributed by atoms with Crippen molar-refractivity contribution in [2.24, 2.45) is 0 Å². The number of ether oxygens (including phenoxy) is 2. The van der Waals surface area contributed by atoms with Gasteiger partial charge in [0.1, 0.15) is 5.15 Å². The molecule has 0 N–H and O–H groups in total. The molecular formula is C16H23Cl2N4O5P. The summed E-state index contributed by atoms with van der Waals surface area (Å²) in [6, 6.07) is 0.